The van der Waals surface area contributed by atoms with Gasteiger partial charge < -0.3 is 9.47 Å². The van der Waals surface area contributed by atoms with Crippen molar-refractivity contribution in [2.45, 2.75) is 6.92 Å². The summed E-state index contributed by atoms with van der Waals surface area (Å²) in [6.45, 7) is 1.73. The Labute approximate surface area is 70.9 Å². The summed E-state index contributed by atoms with van der Waals surface area (Å²) in [6.07, 6.45) is 0. The smallest absolute Gasteiger partial charge is 0.173 e. The average Bonchev–Trinajstić information content (AvgIpc) is 2.06. The van der Waals surface area contributed by atoms with E-state index < -0.39 is 5.82 Å². The first-order valence-corrected chi connectivity index (χ1v) is 3.49. The first kappa shape index (κ1) is 8.84. The summed E-state index contributed by atoms with van der Waals surface area (Å²) in [4.78, 5) is 0. The highest BCUT2D eigenvalue weighted by Gasteiger charge is 2.10. The Morgan fingerprint density at radius 1 is 1.33 bits per heavy atom. The van der Waals surface area contributed by atoms with E-state index in [1.165, 1.54) is 20.3 Å². The zero-order chi connectivity index (χ0) is 9.14. The summed E-state index contributed by atoms with van der Waals surface area (Å²) >= 11 is 0. The van der Waals surface area contributed by atoms with Crippen LogP contribution in [-0.2, 0) is 0 Å². The van der Waals surface area contributed by atoms with Crippen LogP contribution in [0, 0.1) is 18.8 Å². The van der Waals surface area contributed by atoms with Crippen LogP contribution in [0.4, 0.5) is 4.39 Å². The molecule has 2 nitrogen and oxygen atoms in total. The third-order valence-corrected chi connectivity index (χ3v) is 1.66. The van der Waals surface area contributed by atoms with E-state index in [0.717, 1.165) is 0 Å². The zero-order valence-corrected chi connectivity index (χ0v) is 7.27. The Morgan fingerprint density at radius 3 is 2.50 bits per heavy atom. The van der Waals surface area contributed by atoms with Crippen molar-refractivity contribution in [3.63, 3.8) is 0 Å². The van der Waals surface area contributed by atoms with Gasteiger partial charge in [-0.15, -0.1) is 0 Å². The molecule has 1 rings (SSSR count). The van der Waals surface area contributed by atoms with Gasteiger partial charge in [0, 0.05) is 11.6 Å². The Balaban J connectivity index is 3.24. The molecule has 1 aromatic rings. The van der Waals surface area contributed by atoms with Crippen molar-refractivity contribution in [2.75, 3.05) is 14.2 Å². The minimum atomic E-state index is -0.490. The summed E-state index contributed by atoms with van der Waals surface area (Å²) < 4.78 is 22.7. The molecule has 0 spiro atoms. The molecule has 1 radical (unpaired) electrons. The first-order chi connectivity index (χ1) is 5.70. The average molecular weight is 169 g/mol. The number of ether oxygens (including phenoxy) is 2. The Morgan fingerprint density at radius 2 is 2.00 bits per heavy atom. The molecule has 0 atom stereocenters. The minimum Gasteiger partial charge on any atom is -0.496 e. The van der Waals surface area contributed by atoms with Crippen molar-refractivity contribution >= 4 is 0 Å². The Hall–Kier alpha value is -1.25. The van der Waals surface area contributed by atoms with Gasteiger partial charge in [-0.3, -0.25) is 0 Å². The molecule has 1 aromatic carbocycles. The van der Waals surface area contributed by atoms with Crippen LogP contribution in [0.3, 0.4) is 0 Å². The fraction of sp³-hybridized carbons (Fsp3) is 0.333. The van der Waals surface area contributed by atoms with Crippen LogP contribution in [0.1, 0.15) is 5.56 Å². The summed E-state index contributed by atoms with van der Waals surface area (Å²) in [7, 11) is 2.94. The van der Waals surface area contributed by atoms with E-state index in [1.807, 2.05) is 0 Å². The Kier molecular flexibility index (Phi) is 2.53. The standard InChI is InChI=1S/C9H10FO2/c1-6-8(11-2)5-4-7(10)9(6)12-3/h5H,1-3H3. The topological polar surface area (TPSA) is 18.5 Å². The lowest BCUT2D eigenvalue weighted by atomic mass is 10.2. The highest BCUT2D eigenvalue weighted by molar-refractivity contribution is 5.43. The number of benzene rings is 1. The molecule has 0 saturated heterocycles. The molecule has 0 bridgehead atoms. The van der Waals surface area contributed by atoms with Gasteiger partial charge in [0.15, 0.2) is 11.6 Å². The summed E-state index contributed by atoms with van der Waals surface area (Å²) in [5, 5.41) is 0. The molecule has 0 saturated carbocycles. The third-order valence-electron chi connectivity index (χ3n) is 1.66. The molecule has 0 unspecified atom stereocenters. The van der Waals surface area contributed by atoms with E-state index in [9.17, 15) is 4.39 Å². The zero-order valence-electron chi connectivity index (χ0n) is 7.27. The number of rotatable bonds is 2. The Bertz CT molecular complexity index is 284. The van der Waals surface area contributed by atoms with Gasteiger partial charge in [-0.05, 0) is 13.0 Å². The lowest BCUT2D eigenvalue weighted by Crippen LogP contribution is -1.95. The molecule has 0 N–H and O–H groups in total. The SMILES string of the molecule is COc1c[c]c(F)c(OC)c1C. The lowest BCUT2D eigenvalue weighted by molar-refractivity contribution is 0.368. The van der Waals surface area contributed by atoms with Gasteiger partial charge in [-0.25, -0.2) is 4.39 Å². The second kappa shape index (κ2) is 3.43. The highest BCUT2D eigenvalue weighted by atomic mass is 19.1. The number of halogens is 1. The van der Waals surface area contributed by atoms with E-state index in [2.05, 4.69) is 6.07 Å². The summed E-state index contributed by atoms with van der Waals surface area (Å²) in [5.74, 6) is 0.276. The predicted octanol–water partition coefficient (Wildman–Crippen LogP) is 1.95. The van der Waals surface area contributed by atoms with Crippen LogP contribution in [-0.4, -0.2) is 14.2 Å². The second-order valence-electron chi connectivity index (χ2n) is 2.33. The maximum absolute atomic E-state index is 12.9. The summed E-state index contributed by atoms with van der Waals surface area (Å²) in [5.41, 5.74) is 0.649. The van der Waals surface area contributed by atoms with Gasteiger partial charge in [-0.2, -0.15) is 0 Å². The van der Waals surface area contributed by atoms with Crippen LogP contribution in [0.25, 0.3) is 0 Å². The van der Waals surface area contributed by atoms with E-state index in [4.69, 9.17) is 9.47 Å². The number of hydrogen-bond donors (Lipinski definition) is 0. The van der Waals surface area contributed by atoms with Crippen molar-refractivity contribution in [1.82, 2.24) is 0 Å². The maximum Gasteiger partial charge on any atom is 0.173 e. The maximum atomic E-state index is 12.9. The fourth-order valence-corrected chi connectivity index (χ4v) is 1.03. The van der Waals surface area contributed by atoms with Crippen LogP contribution in [0.5, 0.6) is 11.5 Å². The third kappa shape index (κ3) is 1.35. The quantitative estimate of drug-likeness (QED) is 0.673. The van der Waals surface area contributed by atoms with Gasteiger partial charge in [0.1, 0.15) is 5.75 Å². The second-order valence-corrected chi connectivity index (χ2v) is 2.33. The van der Waals surface area contributed by atoms with Gasteiger partial charge in [0.2, 0.25) is 0 Å². The molecule has 0 fully saturated rings. The molecule has 0 aliphatic carbocycles. The normalized spacial score (nSPS) is 9.67. The van der Waals surface area contributed by atoms with E-state index in [-0.39, 0.29) is 5.75 Å². The van der Waals surface area contributed by atoms with Crippen molar-refractivity contribution in [3.8, 4) is 11.5 Å². The van der Waals surface area contributed by atoms with Crippen LogP contribution >= 0.6 is 0 Å². The molecule has 0 amide bonds. The van der Waals surface area contributed by atoms with Crippen molar-refractivity contribution in [2.24, 2.45) is 0 Å². The van der Waals surface area contributed by atoms with E-state index in [0.29, 0.717) is 11.3 Å². The number of hydrogen-bond acceptors (Lipinski definition) is 2. The largest absolute Gasteiger partial charge is 0.496 e. The minimum absolute atomic E-state index is 0.189. The lowest BCUT2D eigenvalue weighted by Gasteiger charge is -2.09. The molecule has 3 heteroatoms. The van der Waals surface area contributed by atoms with Gasteiger partial charge >= 0.3 is 0 Å². The van der Waals surface area contributed by atoms with Crippen molar-refractivity contribution in [1.29, 1.82) is 0 Å². The fourth-order valence-electron chi connectivity index (χ4n) is 1.03. The molecule has 12 heavy (non-hydrogen) atoms. The van der Waals surface area contributed by atoms with Gasteiger partial charge in [0.05, 0.1) is 14.2 Å². The molecule has 0 aromatic heterocycles. The molecule has 0 heterocycles. The molecule has 65 valence electrons. The van der Waals surface area contributed by atoms with E-state index >= 15 is 0 Å². The molecule has 0 aliphatic heterocycles. The first-order valence-electron chi connectivity index (χ1n) is 3.49. The molecular formula is C9H10FO2. The highest BCUT2D eigenvalue weighted by Crippen LogP contribution is 2.29. The predicted molar refractivity (Wildman–Crippen MR) is 43.1 cm³/mol. The van der Waals surface area contributed by atoms with E-state index in [1.54, 1.807) is 6.92 Å². The van der Waals surface area contributed by atoms with Crippen molar-refractivity contribution in [3.05, 3.63) is 23.5 Å². The van der Waals surface area contributed by atoms with Gasteiger partial charge in [0.25, 0.3) is 0 Å². The number of methoxy groups -OCH3 is 2. The van der Waals surface area contributed by atoms with Crippen molar-refractivity contribution < 1.29 is 13.9 Å². The summed E-state index contributed by atoms with van der Waals surface area (Å²) in [6, 6.07) is 3.85. The molecule has 0 aliphatic rings. The van der Waals surface area contributed by atoms with Crippen LogP contribution in [0.15, 0.2) is 6.07 Å². The van der Waals surface area contributed by atoms with Gasteiger partial charge in [-0.1, -0.05) is 0 Å². The molecular weight excluding hydrogens is 159 g/mol. The monoisotopic (exact) mass is 169 g/mol. The van der Waals surface area contributed by atoms with Crippen LogP contribution in [0.2, 0.25) is 0 Å². The van der Waals surface area contributed by atoms with Crippen LogP contribution < -0.4 is 9.47 Å².